The lowest BCUT2D eigenvalue weighted by molar-refractivity contribution is -0.390. The summed E-state index contributed by atoms with van der Waals surface area (Å²) in [4.78, 5) is 13.1. The van der Waals surface area contributed by atoms with Gasteiger partial charge < -0.3 is 20.6 Å². The number of nitrogens with two attached hydrogens (primary N) is 1. The minimum atomic E-state index is -4.89. The van der Waals surface area contributed by atoms with Crippen molar-refractivity contribution in [1.29, 1.82) is 0 Å². The van der Waals surface area contributed by atoms with Crippen molar-refractivity contribution in [1.82, 2.24) is 4.98 Å². The van der Waals surface area contributed by atoms with Gasteiger partial charge in [0.1, 0.15) is 0 Å². The van der Waals surface area contributed by atoms with E-state index >= 15 is 0 Å². The maximum Gasteiger partial charge on any atom is 0.573 e. The Labute approximate surface area is 106 Å². The zero-order chi connectivity index (χ0) is 13.2. The molecule has 2 N–H and O–H groups in total. The molecule has 1 aromatic rings. The highest BCUT2D eigenvalue weighted by molar-refractivity contribution is 14.1. The molecule has 0 saturated heterocycles. The summed E-state index contributed by atoms with van der Waals surface area (Å²) in [5.74, 6) is -1.18. The van der Waals surface area contributed by atoms with Crippen molar-refractivity contribution in [2.75, 3.05) is 0 Å². The van der Waals surface area contributed by atoms with Gasteiger partial charge in [0.2, 0.25) is 0 Å². The van der Waals surface area contributed by atoms with Crippen LogP contribution in [0, 0.1) is 13.8 Å². The lowest BCUT2D eigenvalue weighted by Crippen LogP contribution is -2.19. The third kappa shape index (κ3) is 3.66. The fourth-order valence-electron chi connectivity index (χ4n) is 1.01. The first-order chi connectivity index (χ1) is 7.74. The number of halogens is 4. The minimum Gasteiger partial charge on any atom is -0.401 e. The van der Waals surface area contributed by atoms with E-state index in [0.29, 0.717) is 0 Å². The second kappa shape index (κ2) is 5.00. The van der Waals surface area contributed by atoms with E-state index in [1.807, 2.05) is 0 Å². The first-order valence-corrected chi connectivity index (χ1v) is 5.12. The molecule has 1 aromatic heterocycles. The van der Waals surface area contributed by atoms with Gasteiger partial charge in [0.25, 0.3) is 3.70 Å². The molecule has 0 spiro atoms. The van der Waals surface area contributed by atoms with Gasteiger partial charge in [-0.1, -0.05) is 0 Å². The maximum atomic E-state index is 12.0. The molecule has 94 valence electrons. The molecule has 0 unspecified atom stereocenters. The van der Waals surface area contributed by atoms with Crippen LogP contribution in [0.4, 0.5) is 19.0 Å². The van der Waals surface area contributed by atoms with Crippen LogP contribution in [-0.4, -0.2) is 16.3 Å². The number of nitro groups is 1. The fraction of sp³-hybridized carbons (Fsp3) is 0.286. The largest absolute Gasteiger partial charge is 0.573 e. The summed E-state index contributed by atoms with van der Waals surface area (Å²) in [5, 5.41) is 10.6. The quantitative estimate of drug-likeness (QED) is 0.384. The van der Waals surface area contributed by atoms with Crippen molar-refractivity contribution >= 4 is 28.4 Å². The Morgan fingerprint density at radius 3 is 2.59 bits per heavy atom. The van der Waals surface area contributed by atoms with Gasteiger partial charge in [0.15, 0.2) is 5.75 Å². The van der Waals surface area contributed by atoms with Crippen LogP contribution in [-0.2, 0) is 6.54 Å². The summed E-state index contributed by atoms with van der Waals surface area (Å²) in [6.07, 6.45) is -4.89. The highest BCUT2D eigenvalue weighted by atomic mass is 127. The second-order valence-electron chi connectivity index (χ2n) is 2.77. The monoisotopic (exact) mass is 363 g/mol. The van der Waals surface area contributed by atoms with E-state index in [0.717, 1.165) is 6.07 Å². The molecular formula is C7H5F3IN3O3. The number of ether oxygens (including phenoxy) is 1. The molecule has 0 radical (unpaired) electrons. The highest BCUT2D eigenvalue weighted by Gasteiger charge is 2.34. The SMILES string of the molecule is NCc1cc(OC(F)(F)F)c(I)nc1[N+](=O)[O-]. The van der Waals surface area contributed by atoms with Crippen LogP contribution in [0.3, 0.4) is 0 Å². The van der Waals surface area contributed by atoms with Crippen molar-refractivity contribution in [3.8, 4) is 5.75 Å². The summed E-state index contributed by atoms with van der Waals surface area (Å²) in [6.45, 7) is -0.311. The van der Waals surface area contributed by atoms with Gasteiger partial charge in [-0.15, -0.1) is 13.2 Å². The molecule has 0 aromatic carbocycles. The lowest BCUT2D eigenvalue weighted by atomic mass is 10.2. The summed E-state index contributed by atoms with van der Waals surface area (Å²) in [6, 6.07) is 0.862. The molecule has 0 bridgehead atoms. The number of nitrogens with zero attached hydrogens (tertiary/aromatic N) is 2. The molecule has 0 atom stereocenters. The van der Waals surface area contributed by atoms with Gasteiger partial charge in [-0.2, -0.15) is 0 Å². The van der Waals surface area contributed by atoms with Crippen LogP contribution in [0.1, 0.15) is 5.56 Å². The lowest BCUT2D eigenvalue weighted by Gasteiger charge is -2.09. The van der Waals surface area contributed by atoms with Crippen LogP contribution in [0.5, 0.6) is 5.75 Å². The van der Waals surface area contributed by atoms with Crippen molar-refractivity contribution < 1.29 is 22.8 Å². The van der Waals surface area contributed by atoms with E-state index in [9.17, 15) is 23.3 Å². The van der Waals surface area contributed by atoms with Gasteiger partial charge in [-0.05, 0) is 16.0 Å². The van der Waals surface area contributed by atoms with Crippen LogP contribution in [0.2, 0.25) is 0 Å². The van der Waals surface area contributed by atoms with Crippen LogP contribution < -0.4 is 10.5 Å². The van der Waals surface area contributed by atoms with E-state index in [1.165, 1.54) is 22.6 Å². The van der Waals surface area contributed by atoms with Crippen molar-refractivity contribution in [2.45, 2.75) is 12.9 Å². The molecule has 6 nitrogen and oxygen atoms in total. The molecule has 1 heterocycles. The first-order valence-electron chi connectivity index (χ1n) is 4.04. The number of alkyl halides is 3. The Morgan fingerprint density at radius 2 is 2.18 bits per heavy atom. The van der Waals surface area contributed by atoms with Gasteiger partial charge in [0, 0.05) is 29.1 Å². The van der Waals surface area contributed by atoms with E-state index < -0.39 is 22.9 Å². The van der Waals surface area contributed by atoms with Gasteiger partial charge >= 0.3 is 12.2 Å². The third-order valence-electron chi connectivity index (χ3n) is 1.62. The molecule has 0 fully saturated rings. The van der Waals surface area contributed by atoms with Gasteiger partial charge in [0.05, 0.1) is 5.56 Å². The summed E-state index contributed by atoms with van der Waals surface area (Å²) < 4.78 is 39.4. The molecule has 0 saturated carbocycles. The number of aromatic nitrogens is 1. The topological polar surface area (TPSA) is 91.3 Å². The van der Waals surface area contributed by atoms with E-state index in [2.05, 4.69) is 9.72 Å². The predicted octanol–water partition coefficient (Wildman–Crippen LogP) is 1.95. The zero-order valence-electron chi connectivity index (χ0n) is 7.99. The summed E-state index contributed by atoms with van der Waals surface area (Å²) in [7, 11) is 0. The fourth-order valence-corrected chi connectivity index (χ4v) is 1.50. The molecule has 0 amide bonds. The second-order valence-corrected chi connectivity index (χ2v) is 3.79. The third-order valence-corrected chi connectivity index (χ3v) is 2.39. The Morgan fingerprint density at radius 1 is 1.59 bits per heavy atom. The van der Waals surface area contributed by atoms with Crippen LogP contribution >= 0.6 is 22.6 Å². The standard InChI is InChI=1S/C7H5F3IN3O3/c8-7(9,10)17-4-1-3(2-12)6(14(15)16)13-5(4)11/h1H,2,12H2. The average molecular weight is 363 g/mol. The van der Waals surface area contributed by atoms with Crippen molar-refractivity contribution in [2.24, 2.45) is 5.73 Å². The highest BCUT2D eigenvalue weighted by Crippen LogP contribution is 2.30. The Balaban J connectivity index is 3.23. The van der Waals surface area contributed by atoms with Crippen molar-refractivity contribution in [3.63, 3.8) is 0 Å². The van der Waals surface area contributed by atoms with E-state index in [4.69, 9.17) is 5.73 Å². The molecule has 0 aliphatic rings. The van der Waals surface area contributed by atoms with E-state index in [1.54, 1.807) is 0 Å². The molecule has 10 heteroatoms. The van der Waals surface area contributed by atoms with Gasteiger partial charge in [-0.3, -0.25) is 0 Å². The zero-order valence-corrected chi connectivity index (χ0v) is 10.2. The van der Waals surface area contributed by atoms with Crippen LogP contribution in [0.25, 0.3) is 0 Å². The molecular weight excluding hydrogens is 358 g/mol. The summed E-state index contributed by atoms with van der Waals surface area (Å²) >= 11 is 1.41. The Kier molecular flexibility index (Phi) is 4.08. The predicted molar refractivity (Wildman–Crippen MR) is 58.2 cm³/mol. The maximum absolute atomic E-state index is 12.0. The molecule has 1 rings (SSSR count). The number of hydrogen-bond donors (Lipinski definition) is 1. The smallest absolute Gasteiger partial charge is 0.401 e. The van der Waals surface area contributed by atoms with E-state index in [-0.39, 0.29) is 15.8 Å². The molecule has 17 heavy (non-hydrogen) atoms. The first kappa shape index (κ1) is 13.9. The Bertz CT molecular complexity index is 452. The number of hydrogen-bond acceptors (Lipinski definition) is 5. The normalized spacial score (nSPS) is 11.4. The average Bonchev–Trinajstić information content (AvgIpc) is 2.18. The Hall–Kier alpha value is -1.17. The number of pyridine rings is 1. The summed E-state index contributed by atoms with van der Waals surface area (Å²) in [5.41, 5.74) is 5.06. The van der Waals surface area contributed by atoms with Crippen molar-refractivity contribution in [3.05, 3.63) is 25.4 Å². The van der Waals surface area contributed by atoms with Gasteiger partial charge in [-0.25, -0.2) is 0 Å². The minimum absolute atomic E-state index is 0.130. The number of rotatable bonds is 3. The molecule has 0 aliphatic carbocycles. The van der Waals surface area contributed by atoms with Crippen LogP contribution in [0.15, 0.2) is 6.07 Å². The molecule has 0 aliphatic heterocycles.